The summed E-state index contributed by atoms with van der Waals surface area (Å²) in [5.41, 5.74) is 1.83. The Balaban J connectivity index is 2.00. The van der Waals surface area contributed by atoms with E-state index >= 15 is 0 Å². The molecule has 0 saturated carbocycles. The van der Waals surface area contributed by atoms with Gasteiger partial charge in [0.1, 0.15) is 6.04 Å². The van der Waals surface area contributed by atoms with Gasteiger partial charge in [-0.1, -0.05) is 79.2 Å². The van der Waals surface area contributed by atoms with Gasteiger partial charge in [0.25, 0.3) is 5.69 Å². The predicted octanol–water partition coefficient (Wildman–Crippen LogP) is 4.96. The van der Waals surface area contributed by atoms with Crippen LogP contribution in [0.25, 0.3) is 0 Å². The minimum atomic E-state index is -0.807. The molecule has 2 amide bonds. The van der Waals surface area contributed by atoms with Gasteiger partial charge in [0.15, 0.2) is 0 Å². The molecular formula is C27H28ClN3O4. The number of nitrogens with one attached hydrogen (secondary N) is 1. The Kier molecular flexibility index (Phi) is 9.38. The van der Waals surface area contributed by atoms with E-state index in [1.54, 1.807) is 36.4 Å². The number of amides is 2. The number of nitro groups is 1. The Bertz CT molecular complexity index is 1170. The highest BCUT2D eigenvalue weighted by molar-refractivity contribution is 6.30. The topological polar surface area (TPSA) is 92.6 Å². The van der Waals surface area contributed by atoms with Crippen LogP contribution in [0.4, 0.5) is 5.69 Å². The number of para-hydroxylation sites is 1. The van der Waals surface area contributed by atoms with E-state index < -0.39 is 11.0 Å². The molecule has 1 atom stereocenters. The van der Waals surface area contributed by atoms with Gasteiger partial charge >= 0.3 is 0 Å². The normalized spacial score (nSPS) is 11.5. The van der Waals surface area contributed by atoms with Crippen molar-refractivity contribution in [3.8, 4) is 0 Å². The zero-order valence-corrected chi connectivity index (χ0v) is 20.3. The molecule has 3 aromatic carbocycles. The molecule has 0 unspecified atom stereocenters. The molecule has 3 aromatic rings. The average Bonchev–Trinajstić information content (AvgIpc) is 2.85. The van der Waals surface area contributed by atoms with Crippen LogP contribution >= 0.6 is 11.6 Å². The SMILES string of the molecule is CCCNC(=O)[C@@H](Cc1ccccc1)N(Cc1cccc(Cl)c1)C(=O)Cc1ccccc1[N+](=O)[O-]. The lowest BCUT2D eigenvalue weighted by atomic mass is 10.0. The fourth-order valence-electron chi connectivity index (χ4n) is 3.85. The summed E-state index contributed by atoms with van der Waals surface area (Å²) in [6, 6.07) is 21.9. The van der Waals surface area contributed by atoms with Gasteiger partial charge in [0.05, 0.1) is 11.3 Å². The van der Waals surface area contributed by atoms with E-state index in [9.17, 15) is 19.7 Å². The number of nitrogens with zero attached hydrogens (tertiary/aromatic N) is 2. The van der Waals surface area contributed by atoms with Crippen molar-refractivity contribution in [2.45, 2.75) is 38.8 Å². The predicted molar refractivity (Wildman–Crippen MR) is 136 cm³/mol. The van der Waals surface area contributed by atoms with Crippen molar-refractivity contribution in [2.24, 2.45) is 0 Å². The maximum atomic E-state index is 13.7. The molecule has 0 bridgehead atoms. The van der Waals surface area contributed by atoms with E-state index in [4.69, 9.17) is 11.6 Å². The fraction of sp³-hybridized carbons (Fsp3) is 0.259. The summed E-state index contributed by atoms with van der Waals surface area (Å²) >= 11 is 6.18. The van der Waals surface area contributed by atoms with Crippen LogP contribution < -0.4 is 5.32 Å². The van der Waals surface area contributed by atoms with Crippen molar-refractivity contribution < 1.29 is 14.5 Å². The smallest absolute Gasteiger partial charge is 0.273 e. The third-order valence-electron chi connectivity index (χ3n) is 5.59. The van der Waals surface area contributed by atoms with Crippen LogP contribution in [0.2, 0.25) is 5.02 Å². The fourth-order valence-corrected chi connectivity index (χ4v) is 4.07. The number of nitro benzene ring substituents is 1. The van der Waals surface area contributed by atoms with Crippen molar-refractivity contribution in [2.75, 3.05) is 6.54 Å². The number of carbonyl (C=O) groups excluding carboxylic acids is 2. The number of halogens is 1. The lowest BCUT2D eigenvalue weighted by Gasteiger charge is -2.31. The first-order valence-electron chi connectivity index (χ1n) is 11.5. The van der Waals surface area contributed by atoms with Crippen molar-refractivity contribution in [3.63, 3.8) is 0 Å². The molecule has 0 heterocycles. The third kappa shape index (κ3) is 7.39. The molecule has 0 saturated heterocycles. The standard InChI is InChI=1S/C27H28ClN3O4/c1-2-15-29-27(33)25(17-20-9-4-3-5-10-20)30(19-21-11-8-13-23(28)16-21)26(32)18-22-12-6-7-14-24(22)31(34)35/h3-14,16,25H,2,15,17-19H2,1H3,(H,29,33)/t25-/m1/s1. The maximum Gasteiger partial charge on any atom is 0.273 e. The highest BCUT2D eigenvalue weighted by Gasteiger charge is 2.31. The molecule has 7 nitrogen and oxygen atoms in total. The Morgan fingerprint density at radius 1 is 1.00 bits per heavy atom. The Morgan fingerprint density at radius 3 is 2.37 bits per heavy atom. The van der Waals surface area contributed by atoms with Crippen molar-refractivity contribution in [1.29, 1.82) is 0 Å². The Labute approximate surface area is 209 Å². The van der Waals surface area contributed by atoms with Gasteiger partial charge in [0, 0.05) is 36.2 Å². The third-order valence-corrected chi connectivity index (χ3v) is 5.83. The summed E-state index contributed by atoms with van der Waals surface area (Å²) in [6.45, 7) is 2.57. The summed E-state index contributed by atoms with van der Waals surface area (Å²) in [5.74, 6) is -0.652. The van der Waals surface area contributed by atoms with E-state index in [2.05, 4.69) is 5.32 Å². The summed E-state index contributed by atoms with van der Waals surface area (Å²) in [5, 5.41) is 14.9. The second-order valence-corrected chi connectivity index (χ2v) is 8.65. The second-order valence-electron chi connectivity index (χ2n) is 8.21. The summed E-state index contributed by atoms with van der Waals surface area (Å²) in [4.78, 5) is 39.5. The number of hydrogen-bond donors (Lipinski definition) is 1. The van der Waals surface area contributed by atoms with E-state index in [0.29, 0.717) is 23.6 Å². The van der Waals surface area contributed by atoms with Crippen LogP contribution in [-0.2, 0) is 29.0 Å². The molecule has 3 rings (SSSR count). The first-order valence-corrected chi connectivity index (χ1v) is 11.8. The van der Waals surface area contributed by atoms with Crippen LogP contribution in [0, 0.1) is 10.1 Å². The molecule has 0 aliphatic carbocycles. The van der Waals surface area contributed by atoms with E-state index in [1.807, 2.05) is 43.3 Å². The van der Waals surface area contributed by atoms with E-state index in [-0.39, 0.29) is 30.5 Å². The largest absolute Gasteiger partial charge is 0.354 e. The molecule has 0 aromatic heterocycles. The quantitative estimate of drug-likeness (QED) is 0.302. The molecular weight excluding hydrogens is 466 g/mol. The second kappa shape index (κ2) is 12.7. The highest BCUT2D eigenvalue weighted by atomic mass is 35.5. The first-order chi connectivity index (χ1) is 16.9. The van der Waals surface area contributed by atoms with Gasteiger partial charge in [0.2, 0.25) is 11.8 Å². The highest BCUT2D eigenvalue weighted by Crippen LogP contribution is 2.22. The monoisotopic (exact) mass is 493 g/mol. The molecule has 0 aliphatic rings. The van der Waals surface area contributed by atoms with Crippen LogP contribution in [0.3, 0.4) is 0 Å². The summed E-state index contributed by atoms with van der Waals surface area (Å²) in [6.07, 6.45) is 0.853. The molecule has 8 heteroatoms. The summed E-state index contributed by atoms with van der Waals surface area (Å²) < 4.78 is 0. The van der Waals surface area contributed by atoms with E-state index in [0.717, 1.165) is 17.5 Å². The lowest BCUT2D eigenvalue weighted by molar-refractivity contribution is -0.385. The summed E-state index contributed by atoms with van der Waals surface area (Å²) in [7, 11) is 0. The maximum absolute atomic E-state index is 13.7. The zero-order valence-electron chi connectivity index (χ0n) is 19.5. The molecule has 0 spiro atoms. The number of carbonyl (C=O) groups is 2. The van der Waals surface area contributed by atoms with Crippen LogP contribution in [0.5, 0.6) is 0 Å². The lowest BCUT2D eigenvalue weighted by Crippen LogP contribution is -2.51. The van der Waals surface area contributed by atoms with E-state index in [1.165, 1.54) is 11.0 Å². The molecule has 0 radical (unpaired) electrons. The number of rotatable bonds is 11. The van der Waals surface area contributed by atoms with Gasteiger partial charge < -0.3 is 10.2 Å². The Morgan fingerprint density at radius 2 is 1.69 bits per heavy atom. The molecule has 35 heavy (non-hydrogen) atoms. The number of benzene rings is 3. The van der Waals surface area contributed by atoms with Gasteiger partial charge in [-0.25, -0.2) is 0 Å². The molecule has 0 fully saturated rings. The van der Waals surface area contributed by atoms with Gasteiger partial charge in [-0.05, 0) is 29.7 Å². The first kappa shape index (κ1) is 25.9. The van der Waals surface area contributed by atoms with Gasteiger partial charge in [-0.2, -0.15) is 0 Å². The number of hydrogen-bond acceptors (Lipinski definition) is 4. The van der Waals surface area contributed by atoms with Crippen LogP contribution in [-0.4, -0.2) is 34.2 Å². The molecule has 182 valence electrons. The van der Waals surface area contributed by atoms with Crippen LogP contribution in [0.1, 0.15) is 30.0 Å². The average molecular weight is 494 g/mol. The minimum Gasteiger partial charge on any atom is -0.354 e. The van der Waals surface area contributed by atoms with Gasteiger partial charge in [-0.3, -0.25) is 19.7 Å². The van der Waals surface area contributed by atoms with Crippen molar-refractivity contribution in [3.05, 3.63) is 111 Å². The van der Waals surface area contributed by atoms with Gasteiger partial charge in [-0.15, -0.1) is 0 Å². The molecule has 0 aliphatic heterocycles. The van der Waals surface area contributed by atoms with Crippen molar-refractivity contribution >= 4 is 29.1 Å². The molecule has 1 N–H and O–H groups in total. The Hall–Kier alpha value is -3.71. The zero-order chi connectivity index (χ0) is 25.2. The van der Waals surface area contributed by atoms with Crippen molar-refractivity contribution in [1.82, 2.24) is 10.2 Å². The van der Waals surface area contributed by atoms with Crippen LogP contribution in [0.15, 0.2) is 78.9 Å². The minimum absolute atomic E-state index is 0.126.